The number of halogens is 1. The number of nitrogens with one attached hydrogen (secondary N) is 1. The molecule has 0 radical (unpaired) electrons. The Kier molecular flexibility index (Phi) is 6.45. The maximum atomic E-state index is 13.2. The van der Waals surface area contributed by atoms with Crippen LogP contribution in [0.1, 0.15) is 13.8 Å². The van der Waals surface area contributed by atoms with Gasteiger partial charge in [-0.3, -0.25) is 4.57 Å². The fraction of sp³-hybridized carbons (Fsp3) is 0.375. The van der Waals surface area contributed by atoms with Crippen LogP contribution in [0.15, 0.2) is 53.0 Å². The first-order valence-electron chi connectivity index (χ1n) is 7.35. The number of benzene rings is 1. The first-order valence-corrected chi connectivity index (χ1v) is 9.75. The van der Waals surface area contributed by atoms with Gasteiger partial charge in [0, 0.05) is 16.1 Å². The van der Waals surface area contributed by atoms with Gasteiger partial charge in [0.05, 0.1) is 13.2 Å². The predicted molar refractivity (Wildman–Crippen MR) is 94.2 cm³/mol. The molecule has 1 unspecified atom stereocenters. The molecule has 4 nitrogen and oxygen atoms in total. The third-order valence-corrected chi connectivity index (χ3v) is 6.18. The van der Waals surface area contributed by atoms with Crippen molar-refractivity contribution in [1.29, 1.82) is 0 Å². The van der Waals surface area contributed by atoms with E-state index in [1.54, 1.807) is 0 Å². The van der Waals surface area contributed by atoms with Gasteiger partial charge in [-0.15, -0.1) is 0 Å². The van der Waals surface area contributed by atoms with Gasteiger partial charge in [0.1, 0.15) is 5.78 Å². The third-order valence-electron chi connectivity index (χ3n) is 3.26. The lowest BCUT2D eigenvalue weighted by molar-refractivity contribution is 0.211. The van der Waals surface area contributed by atoms with Crippen LogP contribution < -0.4 is 5.32 Å². The van der Waals surface area contributed by atoms with Crippen LogP contribution in [0, 0.1) is 5.92 Å². The van der Waals surface area contributed by atoms with Crippen LogP contribution in [0.25, 0.3) is 0 Å². The number of hydrogen-bond acceptors (Lipinski definition) is 4. The van der Waals surface area contributed by atoms with E-state index >= 15 is 0 Å². The maximum Gasteiger partial charge on any atom is 0.353 e. The first kappa shape index (κ1) is 17.5. The zero-order valence-corrected chi connectivity index (χ0v) is 15.2. The van der Waals surface area contributed by atoms with Gasteiger partial charge in [0.15, 0.2) is 0 Å². The van der Waals surface area contributed by atoms with Crippen molar-refractivity contribution in [1.82, 2.24) is 0 Å². The van der Waals surface area contributed by atoms with E-state index in [-0.39, 0.29) is 5.92 Å². The van der Waals surface area contributed by atoms with Gasteiger partial charge < -0.3 is 14.4 Å². The van der Waals surface area contributed by atoms with Crippen molar-refractivity contribution in [3.8, 4) is 0 Å². The molecule has 0 aliphatic heterocycles. The van der Waals surface area contributed by atoms with Gasteiger partial charge in [-0.25, -0.2) is 0 Å². The summed E-state index contributed by atoms with van der Waals surface area (Å²) < 4.78 is 25.2. The molecule has 0 spiro atoms. The Balaban J connectivity index is 2.28. The Bertz CT molecular complexity index is 564. The molecule has 22 heavy (non-hydrogen) atoms. The quantitative estimate of drug-likeness (QED) is 0.625. The summed E-state index contributed by atoms with van der Waals surface area (Å²) in [5.74, 6) is -0.490. The minimum Gasteiger partial charge on any atom is -0.371 e. The van der Waals surface area contributed by atoms with Crippen LogP contribution in [0.4, 0.5) is 5.69 Å². The van der Waals surface area contributed by atoms with Crippen molar-refractivity contribution < 1.29 is 13.6 Å². The summed E-state index contributed by atoms with van der Waals surface area (Å²) in [6.45, 7) is 4.33. The molecule has 1 N–H and O–H groups in total. The molecule has 1 aromatic rings. The van der Waals surface area contributed by atoms with Crippen molar-refractivity contribution in [2.75, 3.05) is 18.5 Å². The van der Waals surface area contributed by atoms with Crippen LogP contribution in [0.2, 0.25) is 0 Å². The van der Waals surface area contributed by atoms with E-state index in [0.29, 0.717) is 13.2 Å². The van der Waals surface area contributed by atoms with E-state index in [0.717, 1.165) is 10.2 Å². The molecule has 1 atom stereocenters. The number of hydrogen-bond donors (Lipinski definition) is 1. The molecule has 2 rings (SSSR count). The normalized spacial score (nSPS) is 16.1. The van der Waals surface area contributed by atoms with Gasteiger partial charge >= 0.3 is 7.60 Å². The summed E-state index contributed by atoms with van der Waals surface area (Å²) in [7, 11) is -3.28. The van der Waals surface area contributed by atoms with Crippen molar-refractivity contribution in [2.45, 2.75) is 19.6 Å². The second kappa shape index (κ2) is 8.11. The molecule has 0 amide bonds. The second-order valence-electron chi connectivity index (χ2n) is 4.82. The Hall–Kier alpha value is -0.870. The van der Waals surface area contributed by atoms with E-state index in [1.807, 2.05) is 62.4 Å². The molecule has 0 fully saturated rings. The molecular weight excluding hydrogens is 365 g/mol. The molecule has 1 aromatic carbocycles. The minimum absolute atomic E-state index is 0.0346. The lowest BCUT2D eigenvalue weighted by Gasteiger charge is -2.30. The molecule has 0 heterocycles. The molecule has 1 aliphatic rings. The van der Waals surface area contributed by atoms with Crippen LogP contribution in [-0.4, -0.2) is 19.0 Å². The highest BCUT2D eigenvalue weighted by molar-refractivity contribution is 9.10. The van der Waals surface area contributed by atoms with Crippen molar-refractivity contribution in [2.24, 2.45) is 5.92 Å². The highest BCUT2D eigenvalue weighted by Crippen LogP contribution is 2.56. The minimum atomic E-state index is -3.28. The summed E-state index contributed by atoms with van der Waals surface area (Å²) in [4.78, 5) is 0. The molecule has 0 bridgehead atoms. The SMILES string of the molecule is CCOP(=O)(OCC)C(Nc1ccc(Br)cc1)C1C=CC=C1. The lowest BCUT2D eigenvalue weighted by atomic mass is 10.1. The fourth-order valence-corrected chi connectivity index (χ4v) is 4.63. The molecule has 120 valence electrons. The summed E-state index contributed by atoms with van der Waals surface area (Å²) >= 11 is 3.41. The van der Waals surface area contributed by atoms with Crippen LogP contribution in [-0.2, 0) is 13.6 Å². The molecule has 0 aromatic heterocycles. The Morgan fingerprint density at radius 1 is 1.14 bits per heavy atom. The third kappa shape index (κ3) is 4.32. The van der Waals surface area contributed by atoms with Crippen molar-refractivity contribution in [3.63, 3.8) is 0 Å². The lowest BCUT2D eigenvalue weighted by Crippen LogP contribution is -2.28. The topological polar surface area (TPSA) is 47.6 Å². The standard InChI is InChI=1S/C16H21BrNO3P/c1-3-20-22(19,21-4-2)16(13-7-5-6-8-13)18-15-11-9-14(17)10-12-15/h5-13,16,18H,3-4H2,1-2H3. The monoisotopic (exact) mass is 385 g/mol. The maximum absolute atomic E-state index is 13.2. The van der Waals surface area contributed by atoms with Gasteiger partial charge in [-0.1, -0.05) is 40.2 Å². The molecule has 0 saturated heterocycles. The number of rotatable bonds is 8. The molecule has 1 aliphatic carbocycles. The van der Waals surface area contributed by atoms with E-state index < -0.39 is 13.4 Å². The van der Waals surface area contributed by atoms with Crippen LogP contribution >= 0.6 is 23.5 Å². The second-order valence-corrected chi connectivity index (χ2v) is 7.89. The predicted octanol–water partition coefficient (Wildman–Crippen LogP) is 5.20. The van der Waals surface area contributed by atoms with Gasteiger partial charge in [0.25, 0.3) is 0 Å². The van der Waals surface area contributed by atoms with E-state index in [9.17, 15) is 4.57 Å². The van der Waals surface area contributed by atoms with E-state index in [1.165, 1.54) is 0 Å². The van der Waals surface area contributed by atoms with E-state index in [2.05, 4.69) is 21.2 Å². The first-order chi connectivity index (χ1) is 10.6. The highest BCUT2D eigenvalue weighted by atomic mass is 79.9. The average molecular weight is 386 g/mol. The van der Waals surface area contributed by atoms with Crippen molar-refractivity contribution in [3.05, 3.63) is 53.0 Å². The smallest absolute Gasteiger partial charge is 0.353 e. The van der Waals surface area contributed by atoms with Gasteiger partial charge in [-0.05, 0) is 38.1 Å². The van der Waals surface area contributed by atoms with Gasteiger partial charge in [-0.2, -0.15) is 0 Å². The zero-order valence-electron chi connectivity index (χ0n) is 12.7. The molecule has 0 saturated carbocycles. The fourth-order valence-electron chi connectivity index (χ4n) is 2.32. The summed E-state index contributed by atoms with van der Waals surface area (Å²) in [5, 5.41) is 3.32. The zero-order chi connectivity index (χ0) is 16.0. The number of allylic oxidation sites excluding steroid dienone is 2. The Morgan fingerprint density at radius 3 is 2.18 bits per heavy atom. The Morgan fingerprint density at radius 2 is 1.68 bits per heavy atom. The summed E-state index contributed by atoms with van der Waals surface area (Å²) in [6, 6.07) is 7.74. The van der Waals surface area contributed by atoms with Crippen molar-refractivity contribution >= 4 is 29.2 Å². The van der Waals surface area contributed by atoms with Crippen LogP contribution in [0.5, 0.6) is 0 Å². The Labute approximate surface area is 140 Å². The van der Waals surface area contributed by atoms with Crippen LogP contribution in [0.3, 0.4) is 0 Å². The average Bonchev–Trinajstić information content (AvgIpc) is 3.01. The largest absolute Gasteiger partial charge is 0.371 e. The number of anilines is 1. The van der Waals surface area contributed by atoms with Gasteiger partial charge in [0.2, 0.25) is 0 Å². The molecule has 6 heteroatoms. The summed E-state index contributed by atoms with van der Waals surface area (Å²) in [6.07, 6.45) is 7.90. The van der Waals surface area contributed by atoms with E-state index in [4.69, 9.17) is 9.05 Å². The highest BCUT2D eigenvalue weighted by Gasteiger charge is 2.40. The summed E-state index contributed by atoms with van der Waals surface area (Å²) in [5.41, 5.74) is 0.876. The molecular formula is C16H21BrNO3P.